The highest BCUT2D eigenvalue weighted by atomic mass is 19.4. The van der Waals surface area contributed by atoms with Gasteiger partial charge >= 0.3 is 12.3 Å². The molecule has 0 bridgehead atoms. The molecule has 0 saturated heterocycles. The third kappa shape index (κ3) is 3.62. The van der Waals surface area contributed by atoms with Gasteiger partial charge in [-0.1, -0.05) is 0 Å². The van der Waals surface area contributed by atoms with Gasteiger partial charge in [-0.15, -0.1) is 13.2 Å². The number of carbonyl (C=O) groups excluding carboxylic acids is 1. The molecule has 1 N–H and O–H groups in total. The summed E-state index contributed by atoms with van der Waals surface area (Å²) in [6.45, 7) is 0. The summed E-state index contributed by atoms with van der Waals surface area (Å²) in [5, 5.41) is 8.67. The summed E-state index contributed by atoms with van der Waals surface area (Å²) < 4.78 is 44.4. The van der Waals surface area contributed by atoms with E-state index in [9.17, 15) is 22.8 Å². The van der Waals surface area contributed by atoms with E-state index in [1.165, 1.54) is 6.07 Å². The van der Waals surface area contributed by atoms with Gasteiger partial charge in [-0.25, -0.2) is 4.79 Å². The van der Waals surface area contributed by atoms with Gasteiger partial charge in [0.15, 0.2) is 5.76 Å². The van der Waals surface area contributed by atoms with Crippen LogP contribution in [0.4, 0.5) is 13.2 Å². The molecule has 0 spiro atoms. The Bertz CT molecular complexity index is 670. The number of halogens is 3. The minimum absolute atomic E-state index is 0.0378. The molecule has 21 heavy (non-hydrogen) atoms. The molecule has 0 unspecified atom stereocenters. The van der Waals surface area contributed by atoms with Gasteiger partial charge in [0.25, 0.3) is 0 Å². The molecule has 5 nitrogen and oxygen atoms in total. The predicted molar refractivity (Wildman–Crippen MR) is 62.2 cm³/mol. The number of hydrogen-bond donors (Lipinski definition) is 1. The van der Waals surface area contributed by atoms with Crippen LogP contribution < -0.4 is 4.74 Å². The maximum atomic E-state index is 12.0. The molecule has 0 amide bonds. The fourth-order valence-corrected chi connectivity index (χ4v) is 1.53. The van der Waals surface area contributed by atoms with Crippen molar-refractivity contribution in [1.29, 1.82) is 0 Å². The number of carboxylic acid groups (broad SMARTS) is 1. The Morgan fingerprint density at radius 3 is 2.05 bits per heavy atom. The number of hydrogen-bond acceptors (Lipinski definition) is 4. The lowest BCUT2D eigenvalue weighted by atomic mass is 10.1. The Morgan fingerprint density at radius 2 is 1.57 bits per heavy atom. The monoisotopic (exact) mass is 300 g/mol. The summed E-state index contributed by atoms with van der Waals surface area (Å²) in [4.78, 5) is 22.6. The fourth-order valence-electron chi connectivity index (χ4n) is 1.53. The van der Waals surface area contributed by atoms with Crippen molar-refractivity contribution < 1.29 is 37.0 Å². The quantitative estimate of drug-likeness (QED) is 0.878. The zero-order chi connectivity index (χ0) is 15.6. The first-order valence-corrected chi connectivity index (χ1v) is 5.50. The zero-order valence-corrected chi connectivity index (χ0v) is 10.2. The SMILES string of the molecule is O=C(O)c1ccc(C(=O)c2ccc(OC(F)(F)F)cc2)o1. The Kier molecular flexibility index (Phi) is 3.70. The standard InChI is InChI=1S/C13H7F3O5/c14-13(15,16)21-8-3-1-7(2-4-8)11(17)9-5-6-10(20-9)12(18)19/h1-6H,(H,18,19). The number of carboxylic acids is 1. The van der Waals surface area contributed by atoms with Crippen LogP contribution >= 0.6 is 0 Å². The first kappa shape index (κ1) is 14.6. The molecule has 110 valence electrons. The van der Waals surface area contributed by atoms with E-state index in [1.54, 1.807) is 0 Å². The van der Waals surface area contributed by atoms with Crippen LogP contribution in [0.15, 0.2) is 40.8 Å². The van der Waals surface area contributed by atoms with E-state index in [-0.39, 0.29) is 11.3 Å². The molecule has 0 radical (unpaired) electrons. The van der Waals surface area contributed by atoms with Gasteiger partial charge in [0.05, 0.1) is 0 Å². The highest BCUT2D eigenvalue weighted by Crippen LogP contribution is 2.23. The molecule has 2 aromatic rings. The van der Waals surface area contributed by atoms with E-state index in [1.807, 2.05) is 0 Å². The first-order valence-electron chi connectivity index (χ1n) is 5.50. The molecule has 0 aliphatic carbocycles. The molecule has 1 aromatic carbocycles. The number of carbonyl (C=O) groups is 2. The van der Waals surface area contributed by atoms with Crippen LogP contribution in [0.2, 0.25) is 0 Å². The van der Waals surface area contributed by atoms with Crippen LogP contribution in [0.1, 0.15) is 26.7 Å². The number of ether oxygens (including phenoxy) is 1. The highest BCUT2D eigenvalue weighted by Gasteiger charge is 2.31. The lowest BCUT2D eigenvalue weighted by molar-refractivity contribution is -0.274. The molecule has 0 atom stereocenters. The molecule has 2 rings (SSSR count). The molecule has 0 saturated carbocycles. The molecule has 0 aliphatic heterocycles. The summed E-state index contributed by atoms with van der Waals surface area (Å²) in [5.41, 5.74) is 0.0378. The van der Waals surface area contributed by atoms with Gasteiger partial charge in [-0.3, -0.25) is 4.79 Å². The van der Waals surface area contributed by atoms with Gasteiger partial charge in [-0.05, 0) is 36.4 Å². The highest BCUT2D eigenvalue weighted by molar-refractivity contribution is 6.07. The number of benzene rings is 1. The maximum Gasteiger partial charge on any atom is 0.573 e. The van der Waals surface area contributed by atoms with Crippen LogP contribution in [0.5, 0.6) is 5.75 Å². The number of rotatable bonds is 4. The average molecular weight is 300 g/mol. The van der Waals surface area contributed by atoms with E-state index in [2.05, 4.69) is 4.74 Å². The summed E-state index contributed by atoms with van der Waals surface area (Å²) in [6.07, 6.45) is -4.82. The number of aromatic carboxylic acids is 1. The smallest absolute Gasteiger partial charge is 0.475 e. The van der Waals surface area contributed by atoms with E-state index < -0.39 is 29.6 Å². The average Bonchev–Trinajstić information content (AvgIpc) is 2.86. The van der Waals surface area contributed by atoms with Crippen molar-refractivity contribution in [3.63, 3.8) is 0 Å². The third-order valence-electron chi connectivity index (χ3n) is 2.39. The number of alkyl halides is 3. The minimum Gasteiger partial charge on any atom is -0.475 e. The van der Waals surface area contributed by atoms with Crippen LogP contribution in [0, 0.1) is 0 Å². The molecule has 1 aromatic heterocycles. The molecular weight excluding hydrogens is 293 g/mol. The maximum absolute atomic E-state index is 12.0. The Labute approximate surface area is 115 Å². The Morgan fingerprint density at radius 1 is 1.00 bits per heavy atom. The van der Waals surface area contributed by atoms with Crippen molar-refractivity contribution in [2.45, 2.75) is 6.36 Å². The van der Waals surface area contributed by atoms with Crippen LogP contribution in [0.3, 0.4) is 0 Å². The molecule has 1 heterocycles. The van der Waals surface area contributed by atoms with Crippen LogP contribution in [0.25, 0.3) is 0 Å². The molecule has 8 heteroatoms. The van der Waals surface area contributed by atoms with Crippen molar-refractivity contribution >= 4 is 11.8 Å². The topological polar surface area (TPSA) is 76.7 Å². The van der Waals surface area contributed by atoms with Gasteiger partial charge in [0.2, 0.25) is 11.5 Å². The summed E-state index contributed by atoms with van der Waals surface area (Å²) >= 11 is 0. The number of ketones is 1. The van der Waals surface area contributed by atoms with E-state index in [0.717, 1.165) is 30.3 Å². The fraction of sp³-hybridized carbons (Fsp3) is 0.0769. The van der Waals surface area contributed by atoms with Gasteiger partial charge in [0.1, 0.15) is 5.75 Å². The summed E-state index contributed by atoms with van der Waals surface area (Å²) in [7, 11) is 0. The lowest BCUT2D eigenvalue weighted by Gasteiger charge is -2.08. The first-order chi connectivity index (χ1) is 9.76. The molecular formula is C13H7F3O5. The van der Waals surface area contributed by atoms with Crippen molar-refractivity contribution in [3.8, 4) is 5.75 Å². The molecule has 0 fully saturated rings. The van der Waals surface area contributed by atoms with Crippen molar-refractivity contribution in [1.82, 2.24) is 0 Å². The Hall–Kier alpha value is -2.77. The van der Waals surface area contributed by atoms with E-state index in [4.69, 9.17) is 9.52 Å². The van der Waals surface area contributed by atoms with Gasteiger partial charge in [-0.2, -0.15) is 0 Å². The minimum atomic E-state index is -4.82. The summed E-state index contributed by atoms with van der Waals surface area (Å²) in [5.74, 6) is -3.08. The second kappa shape index (κ2) is 5.31. The van der Waals surface area contributed by atoms with Crippen LogP contribution in [-0.2, 0) is 0 Å². The largest absolute Gasteiger partial charge is 0.573 e. The zero-order valence-electron chi connectivity index (χ0n) is 10.2. The van der Waals surface area contributed by atoms with Crippen molar-refractivity contribution in [2.24, 2.45) is 0 Å². The van der Waals surface area contributed by atoms with Crippen molar-refractivity contribution in [2.75, 3.05) is 0 Å². The van der Waals surface area contributed by atoms with Gasteiger partial charge < -0.3 is 14.3 Å². The second-order valence-corrected chi connectivity index (χ2v) is 3.87. The number of furan rings is 1. The third-order valence-corrected chi connectivity index (χ3v) is 2.39. The second-order valence-electron chi connectivity index (χ2n) is 3.87. The normalized spacial score (nSPS) is 11.2. The lowest BCUT2D eigenvalue weighted by Crippen LogP contribution is -2.17. The molecule has 0 aliphatic rings. The van der Waals surface area contributed by atoms with Crippen LogP contribution in [-0.4, -0.2) is 23.2 Å². The van der Waals surface area contributed by atoms with E-state index >= 15 is 0 Å². The van der Waals surface area contributed by atoms with Crippen molar-refractivity contribution in [3.05, 3.63) is 53.5 Å². The Balaban J connectivity index is 2.17. The van der Waals surface area contributed by atoms with E-state index in [0.29, 0.717) is 0 Å². The summed E-state index contributed by atoms with van der Waals surface area (Å²) in [6, 6.07) is 6.46. The van der Waals surface area contributed by atoms with Gasteiger partial charge in [0, 0.05) is 5.56 Å². The predicted octanol–water partition coefficient (Wildman–Crippen LogP) is 3.11.